The zero-order valence-corrected chi connectivity index (χ0v) is 6.10. The fourth-order valence-electron chi connectivity index (χ4n) is 1.04. The Hall–Kier alpha value is -1.84. The number of hydrogen-bond donors (Lipinski definition) is 0. The van der Waals surface area contributed by atoms with E-state index in [0.29, 0.717) is 5.39 Å². The fourth-order valence-corrected chi connectivity index (χ4v) is 1.04. The number of nitrogens with zero attached hydrogens (tertiary/aromatic N) is 2. The van der Waals surface area contributed by atoms with E-state index in [1.54, 1.807) is 18.2 Å². The van der Waals surface area contributed by atoms with Gasteiger partial charge in [0.15, 0.2) is 0 Å². The van der Waals surface area contributed by atoms with Gasteiger partial charge in [-0.05, 0) is 18.2 Å². The molecule has 0 aliphatic rings. The van der Waals surface area contributed by atoms with Crippen LogP contribution in [0.2, 0.25) is 0 Å². The summed E-state index contributed by atoms with van der Waals surface area (Å²) in [7, 11) is 0. The molecule has 0 fully saturated rings. The Morgan fingerprint density at radius 1 is 1.33 bits per heavy atom. The van der Waals surface area contributed by atoms with Gasteiger partial charge in [0, 0.05) is 17.6 Å². The Labute approximate surface area is 67.7 Å². The van der Waals surface area contributed by atoms with Crippen molar-refractivity contribution in [2.75, 3.05) is 0 Å². The van der Waals surface area contributed by atoms with Gasteiger partial charge in [-0.25, -0.2) is 4.98 Å². The predicted molar refractivity (Wildman–Crippen MR) is 44.8 cm³/mol. The maximum absolute atomic E-state index is 11.1. The molecule has 0 unspecified atom stereocenters. The molecule has 0 saturated carbocycles. The van der Waals surface area contributed by atoms with E-state index in [-0.39, 0.29) is 10.4 Å². The van der Waals surface area contributed by atoms with Crippen molar-refractivity contribution in [3.8, 4) is 0 Å². The summed E-state index contributed by atoms with van der Waals surface area (Å²) < 4.78 is 0.287. The van der Waals surface area contributed by atoms with Gasteiger partial charge in [-0.1, -0.05) is 0 Å². The van der Waals surface area contributed by atoms with Crippen LogP contribution in [0.4, 0.5) is 0 Å². The first-order chi connectivity index (χ1) is 5.79. The van der Waals surface area contributed by atoms with Crippen LogP contribution in [-0.2, 0) is 0 Å². The Morgan fingerprint density at radius 3 is 3.00 bits per heavy atom. The molecule has 0 amide bonds. The second-order valence-corrected chi connectivity index (χ2v) is 2.38. The van der Waals surface area contributed by atoms with Crippen LogP contribution in [0, 0.1) is 5.21 Å². The van der Waals surface area contributed by atoms with Crippen LogP contribution in [0.1, 0.15) is 0 Å². The molecule has 0 radical (unpaired) electrons. The highest BCUT2D eigenvalue weighted by Gasteiger charge is 1.94. The molecular weight excluding hydrogens is 156 g/mol. The molecule has 0 aliphatic heterocycles. The highest BCUT2D eigenvalue weighted by molar-refractivity contribution is 5.74. The van der Waals surface area contributed by atoms with Gasteiger partial charge in [0.05, 0.1) is 0 Å². The summed E-state index contributed by atoms with van der Waals surface area (Å²) in [6.45, 7) is 0. The van der Waals surface area contributed by atoms with Gasteiger partial charge in [0.25, 0.3) is 0 Å². The van der Waals surface area contributed by atoms with E-state index in [4.69, 9.17) is 0 Å². The molecule has 4 nitrogen and oxygen atoms in total. The molecule has 2 aromatic rings. The Bertz CT molecular complexity index is 476. The summed E-state index contributed by atoms with van der Waals surface area (Å²) in [5, 5.41) is 11.7. The molecule has 4 heteroatoms. The lowest BCUT2D eigenvalue weighted by Crippen LogP contribution is -2.14. The van der Waals surface area contributed by atoms with Gasteiger partial charge < -0.3 is 9.94 Å². The molecule has 12 heavy (non-hydrogen) atoms. The molecule has 0 bridgehead atoms. The van der Waals surface area contributed by atoms with Crippen LogP contribution >= 0.6 is 0 Å². The highest BCUT2D eigenvalue weighted by Crippen LogP contribution is 2.05. The largest absolute Gasteiger partial charge is 0.802 e. The second kappa shape index (κ2) is 2.34. The van der Waals surface area contributed by atoms with Crippen molar-refractivity contribution < 1.29 is 0 Å². The molecule has 0 aliphatic carbocycles. The lowest BCUT2D eigenvalue weighted by Gasteiger charge is -2.10. The van der Waals surface area contributed by atoms with Crippen LogP contribution < -0.4 is 5.56 Å². The zero-order valence-electron chi connectivity index (χ0n) is 6.10. The molecule has 0 spiro atoms. The number of fused-ring (bicyclic) bond motifs is 1. The summed E-state index contributed by atoms with van der Waals surface area (Å²) in [5.74, 6) is 0. The first-order valence-corrected chi connectivity index (χ1v) is 3.43. The lowest BCUT2D eigenvalue weighted by atomic mass is 10.3. The van der Waals surface area contributed by atoms with Crippen molar-refractivity contribution in [3.05, 3.63) is 46.0 Å². The topological polar surface area (TPSA) is 58.0 Å². The number of rotatable bonds is 0. The highest BCUT2D eigenvalue weighted by atomic mass is 16.5. The molecule has 0 aromatic carbocycles. The average molecular weight is 161 g/mol. The Kier molecular flexibility index (Phi) is 1.33. The quantitative estimate of drug-likeness (QED) is 0.572. The summed E-state index contributed by atoms with van der Waals surface area (Å²) in [6.07, 6.45) is 1.48. The zero-order chi connectivity index (χ0) is 8.55. The summed E-state index contributed by atoms with van der Waals surface area (Å²) in [4.78, 5) is 14.6. The molecule has 0 N–H and O–H groups in total. The molecular formula is C8H5N2O2-. The van der Waals surface area contributed by atoms with Crippen LogP contribution in [0.5, 0.6) is 0 Å². The van der Waals surface area contributed by atoms with E-state index in [1.165, 1.54) is 12.3 Å². The SMILES string of the molecule is O=c1ccc2cccnc2n1[O-]. The fraction of sp³-hybridized carbons (Fsp3) is 0. The summed E-state index contributed by atoms with van der Waals surface area (Å²) in [5.41, 5.74) is -0.411. The van der Waals surface area contributed by atoms with Gasteiger partial charge >= 0.3 is 0 Å². The van der Waals surface area contributed by atoms with Gasteiger partial charge in [0.1, 0.15) is 5.65 Å². The van der Waals surface area contributed by atoms with Gasteiger partial charge in [-0.2, -0.15) is 0 Å². The van der Waals surface area contributed by atoms with Crippen molar-refractivity contribution in [1.29, 1.82) is 0 Å². The van der Waals surface area contributed by atoms with Gasteiger partial charge in [-0.3, -0.25) is 4.79 Å². The van der Waals surface area contributed by atoms with Crippen molar-refractivity contribution >= 4 is 11.0 Å². The van der Waals surface area contributed by atoms with E-state index >= 15 is 0 Å². The summed E-state index contributed by atoms with van der Waals surface area (Å²) >= 11 is 0. The minimum Gasteiger partial charge on any atom is -0.802 e. The molecule has 0 saturated heterocycles. The number of aromatic nitrogens is 2. The third-order valence-electron chi connectivity index (χ3n) is 1.61. The maximum Gasteiger partial charge on any atom is 0.247 e. The molecule has 60 valence electrons. The normalized spacial score (nSPS) is 10.3. The van der Waals surface area contributed by atoms with Crippen molar-refractivity contribution in [2.45, 2.75) is 0 Å². The standard InChI is InChI=1S/C8H5N2O2/c11-7-4-3-6-2-1-5-9-8(6)10(7)12/h1-5H/q-1. The first-order valence-electron chi connectivity index (χ1n) is 3.43. The van der Waals surface area contributed by atoms with Crippen LogP contribution in [0.25, 0.3) is 11.0 Å². The first kappa shape index (κ1) is 6.84. The number of hydrogen-bond acceptors (Lipinski definition) is 3. The molecule has 0 atom stereocenters. The average Bonchev–Trinajstić information content (AvgIpc) is 2.12. The number of pyridine rings is 2. The smallest absolute Gasteiger partial charge is 0.247 e. The minimum atomic E-state index is -0.582. The third kappa shape index (κ3) is 0.852. The predicted octanol–water partition coefficient (Wildman–Crippen LogP) is 0.742. The van der Waals surface area contributed by atoms with Crippen molar-refractivity contribution in [1.82, 2.24) is 9.71 Å². The van der Waals surface area contributed by atoms with Crippen LogP contribution in [0.15, 0.2) is 35.3 Å². The Morgan fingerprint density at radius 2 is 2.17 bits per heavy atom. The van der Waals surface area contributed by atoms with E-state index in [0.717, 1.165) is 0 Å². The van der Waals surface area contributed by atoms with Crippen LogP contribution in [0.3, 0.4) is 0 Å². The van der Waals surface area contributed by atoms with Gasteiger partial charge in [0.2, 0.25) is 5.56 Å². The second-order valence-electron chi connectivity index (χ2n) is 2.38. The van der Waals surface area contributed by atoms with Crippen molar-refractivity contribution in [2.24, 2.45) is 0 Å². The molecule has 2 aromatic heterocycles. The maximum atomic E-state index is 11.1. The lowest BCUT2D eigenvalue weighted by molar-refractivity contribution is 1.03. The molecule has 2 heterocycles. The Balaban J connectivity index is 3.01. The minimum absolute atomic E-state index is 0.171. The van der Waals surface area contributed by atoms with E-state index < -0.39 is 5.56 Å². The van der Waals surface area contributed by atoms with E-state index in [9.17, 15) is 10.0 Å². The third-order valence-corrected chi connectivity index (χ3v) is 1.61. The van der Waals surface area contributed by atoms with Gasteiger partial charge in [-0.15, -0.1) is 0 Å². The summed E-state index contributed by atoms with van der Waals surface area (Å²) in [6, 6.07) is 6.26. The van der Waals surface area contributed by atoms with E-state index in [2.05, 4.69) is 4.98 Å². The molecule has 2 rings (SSSR count). The van der Waals surface area contributed by atoms with Crippen LogP contribution in [-0.4, -0.2) is 9.71 Å². The van der Waals surface area contributed by atoms with E-state index in [1.807, 2.05) is 0 Å². The monoisotopic (exact) mass is 161 g/mol. The van der Waals surface area contributed by atoms with Crippen molar-refractivity contribution in [3.63, 3.8) is 0 Å².